The Bertz CT molecular complexity index is 655. The predicted octanol–water partition coefficient (Wildman–Crippen LogP) is 5.90. The van der Waals surface area contributed by atoms with Crippen molar-refractivity contribution in [2.24, 2.45) is 10.2 Å². The first-order chi connectivity index (χ1) is 9.49. The van der Waals surface area contributed by atoms with E-state index >= 15 is 0 Å². The molecule has 0 aliphatic rings. The number of hydrogen-bond acceptors (Lipinski definition) is 2. The van der Waals surface area contributed by atoms with Crippen molar-refractivity contribution in [2.75, 3.05) is 0 Å². The Balaban J connectivity index is 2.34. The Labute approximate surface area is 121 Å². The topological polar surface area (TPSA) is 24.7 Å². The maximum atomic E-state index is 4.42. The zero-order chi connectivity index (χ0) is 14.7. The Hall–Kier alpha value is -1.96. The standard InChI is InChI=1S/C18H22N2/c1-6-16-7-12(2)8-17(11-16)19-20-18-10-14(4)13(3)9-15(18)5/h7-11H,6H2,1-5H3. The molecule has 0 unspecified atom stereocenters. The van der Waals surface area contributed by atoms with Gasteiger partial charge in [0.2, 0.25) is 0 Å². The van der Waals surface area contributed by atoms with Crippen LogP contribution in [-0.2, 0) is 6.42 Å². The average Bonchev–Trinajstić information content (AvgIpc) is 2.40. The molecule has 0 heterocycles. The zero-order valence-corrected chi connectivity index (χ0v) is 13.0. The summed E-state index contributed by atoms with van der Waals surface area (Å²) in [6, 6.07) is 10.6. The Morgan fingerprint density at radius 1 is 0.750 bits per heavy atom. The van der Waals surface area contributed by atoms with Crippen LogP contribution in [0.25, 0.3) is 0 Å². The number of azo groups is 1. The van der Waals surface area contributed by atoms with E-state index in [2.05, 4.69) is 75.2 Å². The minimum atomic E-state index is 0.930. The molecule has 0 aliphatic carbocycles. The van der Waals surface area contributed by atoms with Crippen molar-refractivity contribution in [3.05, 3.63) is 58.1 Å². The van der Waals surface area contributed by atoms with Crippen LogP contribution in [0, 0.1) is 27.7 Å². The van der Waals surface area contributed by atoms with Crippen LogP contribution in [0.1, 0.15) is 34.7 Å². The van der Waals surface area contributed by atoms with Gasteiger partial charge in [-0.3, -0.25) is 0 Å². The Morgan fingerprint density at radius 3 is 2.15 bits per heavy atom. The minimum Gasteiger partial charge on any atom is -0.151 e. The number of hydrogen-bond donors (Lipinski definition) is 0. The molecule has 0 aromatic heterocycles. The molecule has 2 nitrogen and oxygen atoms in total. The Morgan fingerprint density at radius 2 is 1.45 bits per heavy atom. The molecule has 0 radical (unpaired) electrons. The summed E-state index contributed by atoms with van der Waals surface area (Å²) in [5.41, 5.74) is 8.13. The molecule has 0 bridgehead atoms. The highest BCUT2D eigenvalue weighted by Crippen LogP contribution is 2.26. The minimum absolute atomic E-state index is 0.930. The van der Waals surface area contributed by atoms with Crippen LogP contribution in [0.5, 0.6) is 0 Å². The molecule has 0 N–H and O–H groups in total. The molecule has 2 rings (SSSR count). The van der Waals surface area contributed by atoms with Crippen molar-refractivity contribution < 1.29 is 0 Å². The number of nitrogens with zero attached hydrogens (tertiary/aromatic N) is 2. The maximum Gasteiger partial charge on any atom is 0.0889 e. The smallest absolute Gasteiger partial charge is 0.0889 e. The van der Waals surface area contributed by atoms with Gasteiger partial charge in [0.15, 0.2) is 0 Å². The van der Waals surface area contributed by atoms with Gasteiger partial charge < -0.3 is 0 Å². The summed E-state index contributed by atoms with van der Waals surface area (Å²) in [4.78, 5) is 0. The van der Waals surface area contributed by atoms with Crippen molar-refractivity contribution in [1.82, 2.24) is 0 Å². The van der Waals surface area contributed by atoms with E-state index in [9.17, 15) is 0 Å². The van der Waals surface area contributed by atoms with Crippen molar-refractivity contribution in [1.29, 1.82) is 0 Å². The molecule has 0 aliphatic heterocycles. The molecule has 2 heteroatoms. The quantitative estimate of drug-likeness (QED) is 0.618. The second kappa shape index (κ2) is 6.00. The summed E-state index contributed by atoms with van der Waals surface area (Å²) >= 11 is 0. The fourth-order valence-electron chi connectivity index (χ4n) is 2.27. The second-order valence-corrected chi connectivity index (χ2v) is 5.45. The lowest BCUT2D eigenvalue weighted by Gasteiger charge is -2.05. The van der Waals surface area contributed by atoms with E-state index in [-0.39, 0.29) is 0 Å². The van der Waals surface area contributed by atoms with Gasteiger partial charge in [0.1, 0.15) is 0 Å². The molecule has 0 atom stereocenters. The molecule has 20 heavy (non-hydrogen) atoms. The maximum absolute atomic E-state index is 4.42. The first-order valence-corrected chi connectivity index (χ1v) is 7.09. The van der Waals surface area contributed by atoms with Gasteiger partial charge in [-0.1, -0.05) is 19.1 Å². The summed E-state index contributed by atoms with van der Waals surface area (Å²) in [6.07, 6.45) is 1.02. The molecule has 104 valence electrons. The van der Waals surface area contributed by atoms with E-state index in [4.69, 9.17) is 0 Å². The molecule has 0 fully saturated rings. The van der Waals surface area contributed by atoms with E-state index in [0.717, 1.165) is 17.8 Å². The van der Waals surface area contributed by atoms with Crippen molar-refractivity contribution in [3.63, 3.8) is 0 Å². The zero-order valence-electron chi connectivity index (χ0n) is 13.0. The van der Waals surface area contributed by atoms with E-state index < -0.39 is 0 Å². The van der Waals surface area contributed by atoms with Gasteiger partial charge in [-0.25, -0.2) is 0 Å². The summed E-state index contributed by atoms with van der Waals surface area (Å²) in [7, 11) is 0. The van der Waals surface area contributed by atoms with Gasteiger partial charge in [0, 0.05) is 0 Å². The fourth-order valence-corrected chi connectivity index (χ4v) is 2.27. The van der Waals surface area contributed by atoms with Crippen LogP contribution in [0.2, 0.25) is 0 Å². The van der Waals surface area contributed by atoms with Gasteiger partial charge in [0.05, 0.1) is 11.4 Å². The van der Waals surface area contributed by atoms with Gasteiger partial charge in [0.25, 0.3) is 0 Å². The van der Waals surface area contributed by atoms with Crippen LogP contribution >= 0.6 is 0 Å². The summed E-state index contributed by atoms with van der Waals surface area (Å²) in [5.74, 6) is 0. The number of rotatable bonds is 3. The third-order valence-corrected chi connectivity index (χ3v) is 3.62. The predicted molar refractivity (Wildman–Crippen MR) is 85.4 cm³/mol. The molecular weight excluding hydrogens is 244 g/mol. The fraction of sp³-hybridized carbons (Fsp3) is 0.333. The molecule has 0 spiro atoms. The highest BCUT2D eigenvalue weighted by atomic mass is 15.1. The summed E-state index contributed by atoms with van der Waals surface area (Å²) in [5, 5.41) is 8.82. The summed E-state index contributed by atoms with van der Waals surface area (Å²) < 4.78 is 0. The third-order valence-electron chi connectivity index (χ3n) is 3.62. The van der Waals surface area contributed by atoms with Crippen molar-refractivity contribution in [2.45, 2.75) is 41.0 Å². The Kier molecular flexibility index (Phi) is 4.33. The van der Waals surface area contributed by atoms with Crippen LogP contribution < -0.4 is 0 Å². The van der Waals surface area contributed by atoms with E-state index in [0.29, 0.717) is 0 Å². The summed E-state index contributed by atoms with van der Waals surface area (Å²) in [6.45, 7) is 10.6. The monoisotopic (exact) mass is 266 g/mol. The van der Waals surface area contributed by atoms with Gasteiger partial charge in [-0.2, -0.15) is 10.2 Å². The highest BCUT2D eigenvalue weighted by Gasteiger charge is 2.01. The largest absolute Gasteiger partial charge is 0.151 e. The molecule has 0 saturated carbocycles. The van der Waals surface area contributed by atoms with Gasteiger partial charge in [-0.05, 0) is 80.1 Å². The van der Waals surface area contributed by atoms with Crippen LogP contribution in [0.15, 0.2) is 40.6 Å². The molecule has 0 amide bonds. The van der Waals surface area contributed by atoms with E-state index in [1.54, 1.807) is 0 Å². The van der Waals surface area contributed by atoms with Crippen LogP contribution in [0.3, 0.4) is 0 Å². The molecule has 0 saturated heterocycles. The normalized spacial score (nSPS) is 11.2. The SMILES string of the molecule is CCc1cc(C)cc(N=Nc2cc(C)c(C)cc2C)c1. The lowest BCUT2D eigenvalue weighted by atomic mass is 10.1. The number of aryl methyl sites for hydroxylation is 5. The van der Waals surface area contributed by atoms with Gasteiger partial charge in [-0.15, -0.1) is 0 Å². The first kappa shape index (κ1) is 14.4. The molecule has 2 aromatic rings. The van der Waals surface area contributed by atoms with E-state index in [1.807, 2.05) is 0 Å². The molecule has 2 aromatic carbocycles. The molecular formula is C18H22N2. The lowest BCUT2D eigenvalue weighted by Crippen LogP contribution is -1.83. The van der Waals surface area contributed by atoms with Crippen LogP contribution in [0.4, 0.5) is 11.4 Å². The second-order valence-electron chi connectivity index (χ2n) is 5.45. The van der Waals surface area contributed by atoms with Crippen molar-refractivity contribution in [3.8, 4) is 0 Å². The lowest BCUT2D eigenvalue weighted by molar-refractivity contribution is 1.12. The first-order valence-electron chi connectivity index (χ1n) is 7.09. The average molecular weight is 266 g/mol. The van der Waals surface area contributed by atoms with Gasteiger partial charge >= 0.3 is 0 Å². The number of benzene rings is 2. The third kappa shape index (κ3) is 3.32. The van der Waals surface area contributed by atoms with Crippen molar-refractivity contribution >= 4 is 11.4 Å². The highest BCUT2D eigenvalue weighted by molar-refractivity contribution is 5.51. The van der Waals surface area contributed by atoms with Crippen LogP contribution in [-0.4, -0.2) is 0 Å². The van der Waals surface area contributed by atoms with E-state index in [1.165, 1.54) is 27.8 Å².